The van der Waals surface area contributed by atoms with E-state index >= 15 is 0 Å². The molecule has 0 heterocycles. The molecule has 0 aromatic heterocycles. The van der Waals surface area contributed by atoms with Crippen LogP contribution in [0.5, 0.6) is 0 Å². The molecule has 8 atom stereocenters. The Hall–Kier alpha value is -1.94. The van der Waals surface area contributed by atoms with Crippen molar-refractivity contribution < 1.29 is 80.2 Å². The number of aliphatic hydroxyl groups is 1. The first kappa shape index (κ1) is 99.1. The monoisotopic (exact) mass is 1480 g/mol. The van der Waals surface area contributed by atoms with E-state index in [-0.39, 0.29) is 25.7 Å². The molecule has 0 aromatic rings. The van der Waals surface area contributed by atoms with Gasteiger partial charge in [-0.15, -0.1) is 0 Å². The molecule has 0 bridgehead atoms. The lowest BCUT2D eigenvalue weighted by Crippen LogP contribution is -2.30. The molecule has 0 aromatic carbocycles. The standard InChI is InChI=1S/C82H160O17P2/c1-8-12-13-14-15-32-42-49-56-63-79(84)92-69-78(99-82(87)66-59-52-45-38-37-41-48-55-62-75(7)11-4)72-97-101(90,91)95-68-76(83)67-94-100(88,89)96-71-77(70-93-80(85)64-57-50-43-35-30-26-23-22-25-29-34-40-47-54-61-74(6)10-3)98-81(86)65-58-51-44-36-31-27-21-19-17-16-18-20-24-28-33-39-46-53-60-73(5)9-2/h73-78,83H,8-72H2,1-7H3,(H,88,89)(H,90,91)/t73?,74?,75?,76-,77-,78-/m1/s1. The van der Waals surface area contributed by atoms with Gasteiger partial charge in [0.1, 0.15) is 19.3 Å². The average molecular weight is 1480 g/mol. The highest BCUT2D eigenvalue weighted by molar-refractivity contribution is 7.47. The molecular formula is C82H160O17P2. The van der Waals surface area contributed by atoms with Crippen LogP contribution in [0.4, 0.5) is 0 Å². The van der Waals surface area contributed by atoms with Crippen molar-refractivity contribution in [1.29, 1.82) is 0 Å². The van der Waals surface area contributed by atoms with Gasteiger partial charge in [0.15, 0.2) is 12.2 Å². The van der Waals surface area contributed by atoms with Gasteiger partial charge in [0.25, 0.3) is 0 Å². The minimum absolute atomic E-state index is 0.105. The normalized spacial score (nSPS) is 14.8. The van der Waals surface area contributed by atoms with E-state index in [9.17, 15) is 43.2 Å². The van der Waals surface area contributed by atoms with E-state index in [1.807, 2.05) is 0 Å². The second kappa shape index (κ2) is 72.3. The lowest BCUT2D eigenvalue weighted by Gasteiger charge is -2.21. The molecule has 0 amide bonds. The van der Waals surface area contributed by atoms with Crippen LogP contribution in [0.3, 0.4) is 0 Å². The van der Waals surface area contributed by atoms with E-state index in [2.05, 4.69) is 48.5 Å². The predicted molar refractivity (Wildman–Crippen MR) is 414 cm³/mol. The van der Waals surface area contributed by atoms with Gasteiger partial charge in [0.05, 0.1) is 26.4 Å². The summed E-state index contributed by atoms with van der Waals surface area (Å²) in [4.78, 5) is 73.0. The summed E-state index contributed by atoms with van der Waals surface area (Å²) in [5.41, 5.74) is 0. The highest BCUT2D eigenvalue weighted by atomic mass is 31.2. The van der Waals surface area contributed by atoms with Crippen molar-refractivity contribution in [1.82, 2.24) is 0 Å². The fraction of sp³-hybridized carbons (Fsp3) is 0.951. The topological polar surface area (TPSA) is 237 Å². The Labute approximate surface area is 619 Å². The first-order valence-electron chi connectivity index (χ1n) is 42.5. The molecule has 0 saturated heterocycles. The molecular weight excluding hydrogens is 1320 g/mol. The van der Waals surface area contributed by atoms with Gasteiger partial charge in [-0.3, -0.25) is 37.3 Å². The molecule has 0 spiro atoms. The van der Waals surface area contributed by atoms with Gasteiger partial charge in [-0.25, -0.2) is 9.13 Å². The molecule has 0 aliphatic heterocycles. The van der Waals surface area contributed by atoms with Crippen LogP contribution in [-0.2, 0) is 65.4 Å². The van der Waals surface area contributed by atoms with Gasteiger partial charge in [-0.1, -0.05) is 376 Å². The van der Waals surface area contributed by atoms with Crippen LogP contribution < -0.4 is 0 Å². The van der Waals surface area contributed by atoms with Crippen LogP contribution in [0.15, 0.2) is 0 Å². The third kappa shape index (κ3) is 72.1. The first-order valence-corrected chi connectivity index (χ1v) is 45.5. The van der Waals surface area contributed by atoms with Gasteiger partial charge in [-0.2, -0.15) is 0 Å². The van der Waals surface area contributed by atoms with E-state index in [0.717, 1.165) is 108 Å². The van der Waals surface area contributed by atoms with Crippen LogP contribution in [0.25, 0.3) is 0 Å². The zero-order valence-electron chi connectivity index (χ0n) is 66.4. The molecule has 0 aliphatic carbocycles. The second-order valence-corrected chi connectivity index (χ2v) is 33.1. The molecule has 0 saturated carbocycles. The summed E-state index contributed by atoms with van der Waals surface area (Å²) in [6, 6.07) is 0. The van der Waals surface area contributed by atoms with E-state index in [0.29, 0.717) is 25.7 Å². The molecule has 0 aliphatic rings. The number of esters is 4. The predicted octanol–water partition coefficient (Wildman–Crippen LogP) is 24.5. The van der Waals surface area contributed by atoms with Gasteiger partial charge in [0.2, 0.25) is 0 Å². The summed E-state index contributed by atoms with van der Waals surface area (Å²) in [6.45, 7) is 12.0. The molecule has 3 N–H and O–H groups in total. The van der Waals surface area contributed by atoms with Gasteiger partial charge < -0.3 is 33.8 Å². The molecule has 17 nitrogen and oxygen atoms in total. The summed E-state index contributed by atoms with van der Waals surface area (Å²) in [5, 5.41) is 10.6. The van der Waals surface area contributed by atoms with Crippen LogP contribution in [-0.4, -0.2) is 96.7 Å². The maximum atomic E-state index is 13.1. The Morgan fingerprint density at radius 1 is 0.277 bits per heavy atom. The molecule has 101 heavy (non-hydrogen) atoms. The summed E-state index contributed by atoms with van der Waals surface area (Å²) >= 11 is 0. The van der Waals surface area contributed by atoms with Gasteiger partial charge in [0, 0.05) is 25.7 Å². The number of phosphoric acid groups is 2. The highest BCUT2D eigenvalue weighted by Gasteiger charge is 2.30. The van der Waals surface area contributed by atoms with Crippen LogP contribution in [0, 0.1) is 17.8 Å². The smallest absolute Gasteiger partial charge is 0.462 e. The second-order valence-electron chi connectivity index (χ2n) is 30.2. The number of unbranched alkanes of at least 4 members (excludes halogenated alkanes) is 45. The van der Waals surface area contributed by atoms with Gasteiger partial charge in [-0.05, 0) is 43.4 Å². The average Bonchev–Trinajstić information content (AvgIpc) is 0.962. The summed E-state index contributed by atoms with van der Waals surface area (Å²) < 4.78 is 68.7. The zero-order valence-corrected chi connectivity index (χ0v) is 68.2. The minimum Gasteiger partial charge on any atom is -0.462 e. The Morgan fingerprint density at radius 2 is 0.475 bits per heavy atom. The molecule has 600 valence electrons. The van der Waals surface area contributed by atoms with Crippen molar-refractivity contribution in [2.45, 2.75) is 446 Å². The lowest BCUT2D eigenvalue weighted by atomic mass is 9.99. The van der Waals surface area contributed by atoms with E-state index in [4.69, 9.17) is 37.0 Å². The summed E-state index contributed by atoms with van der Waals surface area (Å²) in [7, 11) is -9.92. The van der Waals surface area contributed by atoms with Crippen LogP contribution in [0.2, 0.25) is 0 Å². The number of hydrogen-bond donors (Lipinski definition) is 3. The number of phosphoric ester groups is 2. The van der Waals surface area contributed by atoms with Crippen molar-refractivity contribution in [3.05, 3.63) is 0 Å². The van der Waals surface area contributed by atoms with Crippen molar-refractivity contribution in [2.24, 2.45) is 17.8 Å². The largest absolute Gasteiger partial charge is 0.472 e. The Morgan fingerprint density at radius 3 is 0.703 bits per heavy atom. The maximum Gasteiger partial charge on any atom is 0.472 e. The first-order chi connectivity index (χ1) is 48.8. The molecule has 0 rings (SSSR count). The Balaban J connectivity index is 5.20. The number of ether oxygens (including phenoxy) is 4. The number of hydrogen-bond acceptors (Lipinski definition) is 15. The van der Waals surface area contributed by atoms with Crippen molar-refractivity contribution >= 4 is 39.5 Å². The number of carbonyl (C=O) groups excluding carboxylic acids is 4. The fourth-order valence-electron chi connectivity index (χ4n) is 12.6. The lowest BCUT2D eigenvalue weighted by molar-refractivity contribution is -0.161. The molecule has 0 fully saturated rings. The van der Waals surface area contributed by atoms with Gasteiger partial charge >= 0.3 is 39.5 Å². The Bertz CT molecular complexity index is 1960. The third-order valence-corrected chi connectivity index (χ3v) is 22.1. The van der Waals surface area contributed by atoms with Crippen LogP contribution >= 0.6 is 15.6 Å². The number of rotatable bonds is 80. The zero-order chi connectivity index (χ0) is 74.4. The molecule has 19 heteroatoms. The summed E-state index contributed by atoms with van der Waals surface area (Å²) in [5.74, 6) is 0.378. The van der Waals surface area contributed by atoms with Crippen molar-refractivity contribution in [3.8, 4) is 0 Å². The summed E-state index contributed by atoms with van der Waals surface area (Å²) in [6.07, 6.45) is 61.0. The van der Waals surface area contributed by atoms with E-state index in [1.165, 1.54) is 238 Å². The van der Waals surface area contributed by atoms with Crippen molar-refractivity contribution in [3.63, 3.8) is 0 Å². The third-order valence-electron chi connectivity index (χ3n) is 20.2. The van der Waals surface area contributed by atoms with E-state index < -0.39 is 97.5 Å². The fourth-order valence-corrected chi connectivity index (χ4v) is 14.1. The van der Waals surface area contributed by atoms with Crippen molar-refractivity contribution in [2.75, 3.05) is 39.6 Å². The molecule has 5 unspecified atom stereocenters. The highest BCUT2D eigenvalue weighted by Crippen LogP contribution is 2.45. The van der Waals surface area contributed by atoms with E-state index in [1.54, 1.807) is 0 Å². The number of aliphatic hydroxyl groups excluding tert-OH is 1. The molecule has 0 radical (unpaired) electrons. The minimum atomic E-state index is -4.96. The SMILES string of the molecule is CCCCCCCCCCCC(=O)OC[C@H](COP(=O)(O)OC[C@H](O)COP(=O)(O)OC[C@@H](COC(=O)CCCCCCCCCCCCCCCCC(C)CC)OC(=O)CCCCCCCCCCCCCCCCCCCCC(C)CC)OC(=O)CCCCCCCCCCC(C)CC. The number of carbonyl (C=O) groups is 4. The van der Waals surface area contributed by atoms with Crippen LogP contribution in [0.1, 0.15) is 427 Å². The Kier molecular flexibility index (Phi) is 70.9. The quantitative estimate of drug-likeness (QED) is 0.0222. The maximum absolute atomic E-state index is 13.1.